The van der Waals surface area contributed by atoms with Crippen molar-refractivity contribution in [3.63, 3.8) is 0 Å². The van der Waals surface area contributed by atoms with E-state index < -0.39 is 11.9 Å². The van der Waals surface area contributed by atoms with Gasteiger partial charge in [0.05, 0.1) is 7.11 Å². The second-order valence-electron chi connectivity index (χ2n) is 3.38. The van der Waals surface area contributed by atoms with Crippen molar-refractivity contribution in [3.8, 4) is 0 Å². The number of esters is 1. The number of carboxylic acids is 1. The van der Waals surface area contributed by atoms with Gasteiger partial charge in [-0.15, -0.1) is 0 Å². The Morgan fingerprint density at radius 1 is 1.44 bits per heavy atom. The van der Waals surface area contributed by atoms with Gasteiger partial charge in [0.15, 0.2) is 5.58 Å². The smallest absolute Gasteiger partial charge is 0.394 e. The van der Waals surface area contributed by atoms with Crippen LogP contribution in [0.1, 0.15) is 16.2 Å². The second-order valence-corrected chi connectivity index (χ2v) is 3.38. The molecule has 1 N–H and O–H groups in total. The zero-order valence-corrected chi connectivity index (χ0v) is 9.41. The molecule has 2 rings (SSSR count). The molecule has 0 amide bonds. The topological polar surface area (TPSA) is 89.6 Å². The predicted octanol–water partition coefficient (Wildman–Crippen LogP) is 1.71. The van der Waals surface area contributed by atoms with Gasteiger partial charge >= 0.3 is 17.8 Å². The molecule has 0 radical (unpaired) electrons. The Balaban J connectivity index is 2.52. The van der Waals surface area contributed by atoms with E-state index in [0.29, 0.717) is 16.7 Å². The molecular formula is C12H9NO5. The molecule has 6 nitrogen and oxygen atoms in total. The zero-order valence-electron chi connectivity index (χ0n) is 9.41. The number of methoxy groups -OCH3 is 1. The van der Waals surface area contributed by atoms with E-state index in [1.54, 1.807) is 18.2 Å². The van der Waals surface area contributed by atoms with E-state index in [9.17, 15) is 9.59 Å². The van der Waals surface area contributed by atoms with Gasteiger partial charge in [0.1, 0.15) is 5.52 Å². The van der Waals surface area contributed by atoms with Crippen LogP contribution in [0.5, 0.6) is 0 Å². The molecule has 0 saturated heterocycles. The summed E-state index contributed by atoms with van der Waals surface area (Å²) in [5, 5.41) is 8.57. The number of oxazole rings is 1. The number of ether oxygens (including phenoxy) is 1. The fraction of sp³-hybridized carbons (Fsp3) is 0.0833. The van der Waals surface area contributed by atoms with Crippen LogP contribution in [0.15, 0.2) is 28.7 Å². The molecule has 1 aromatic carbocycles. The molecule has 0 aliphatic rings. The lowest BCUT2D eigenvalue weighted by molar-refractivity contribution is -0.131. The summed E-state index contributed by atoms with van der Waals surface area (Å²) in [4.78, 5) is 25.7. The van der Waals surface area contributed by atoms with Gasteiger partial charge < -0.3 is 14.3 Å². The Hall–Kier alpha value is -2.63. The number of fused-ring (bicyclic) bond motifs is 1. The largest absolute Gasteiger partial charge is 0.478 e. The molecule has 0 atom stereocenters. The SMILES string of the molecule is COC(=O)c1nc2c(/C=C/C(=O)O)cccc2o1. The van der Waals surface area contributed by atoms with Crippen LogP contribution in [-0.2, 0) is 9.53 Å². The molecule has 0 aliphatic heterocycles. The lowest BCUT2D eigenvalue weighted by Crippen LogP contribution is -2.00. The van der Waals surface area contributed by atoms with E-state index in [1.807, 2.05) is 0 Å². The third-order valence-electron chi connectivity index (χ3n) is 2.22. The lowest BCUT2D eigenvalue weighted by Gasteiger charge is -1.92. The summed E-state index contributed by atoms with van der Waals surface area (Å²) in [6.45, 7) is 0. The molecule has 92 valence electrons. The Labute approximate surface area is 101 Å². The molecule has 0 bridgehead atoms. The van der Waals surface area contributed by atoms with Gasteiger partial charge in [-0.2, -0.15) is 0 Å². The van der Waals surface area contributed by atoms with E-state index >= 15 is 0 Å². The van der Waals surface area contributed by atoms with Crippen LogP contribution in [0.25, 0.3) is 17.2 Å². The molecule has 0 saturated carbocycles. The van der Waals surface area contributed by atoms with Gasteiger partial charge in [0.2, 0.25) is 0 Å². The Kier molecular flexibility index (Phi) is 3.09. The maximum Gasteiger partial charge on any atom is 0.394 e. The van der Waals surface area contributed by atoms with E-state index in [0.717, 1.165) is 6.08 Å². The summed E-state index contributed by atoms with van der Waals surface area (Å²) >= 11 is 0. The van der Waals surface area contributed by atoms with Crippen LogP contribution in [-0.4, -0.2) is 29.1 Å². The van der Waals surface area contributed by atoms with Crippen LogP contribution < -0.4 is 0 Å². The first kappa shape index (κ1) is 11.8. The summed E-state index contributed by atoms with van der Waals surface area (Å²) in [6.07, 6.45) is 2.37. The Bertz CT molecular complexity index is 641. The summed E-state index contributed by atoms with van der Waals surface area (Å²) in [6, 6.07) is 4.98. The monoisotopic (exact) mass is 247 g/mol. The average Bonchev–Trinajstić information content (AvgIpc) is 2.79. The highest BCUT2D eigenvalue weighted by Crippen LogP contribution is 2.21. The van der Waals surface area contributed by atoms with Crippen molar-refractivity contribution in [3.05, 3.63) is 35.7 Å². The van der Waals surface area contributed by atoms with Crippen molar-refractivity contribution in [2.45, 2.75) is 0 Å². The van der Waals surface area contributed by atoms with E-state index in [4.69, 9.17) is 9.52 Å². The number of nitrogens with zero attached hydrogens (tertiary/aromatic N) is 1. The third kappa shape index (κ3) is 2.22. The summed E-state index contributed by atoms with van der Waals surface area (Å²) < 4.78 is 9.70. The van der Waals surface area contributed by atoms with E-state index in [1.165, 1.54) is 13.2 Å². The molecule has 0 aliphatic carbocycles. The minimum atomic E-state index is -1.07. The molecule has 6 heteroatoms. The fourth-order valence-electron chi connectivity index (χ4n) is 1.44. The van der Waals surface area contributed by atoms with Gasteiger partial charge in [-0.05, 0) is 12.1 Å². The van der Waals surface area contributed by atoms with Crippen molar-refractivity contribution >= 4 is 29.1 Å². The van der Waals surface area contributed by atoms with Crippen LogP contribution in [0.2, 0.25) is 0 Å². The van der Waals surface area contributed by atoms with Crippen LogP contribution in [0.3, 0.4) is 0 Å². The average molecular weight is 247 g/mol. The van der Waals surface area contributed by atoms with Gasteiger partial charge in [-0.3, -0.25) is 0 Å². The minimum Gasteiger partial charge on any atom is -0.478 e. The molecular weight excluding hydrogens is 238 g/mol. The highest BCUT2D eigenvalue weighted by molar-refractivity contribution is 5.93. The summed E-state index contributed by atoms with van der Waals surface area (Å²) in [7, 11) is 1.22. The highest BCUT2D eigenvalue weighted by Gasteiger charge is 2.15. The highest BCUT2D eigenvalue weighted by atomic mass is 16.5. The quantitative estimate of drug-likeness (QED) is 0.656. The lowest BCUT2D eigenvalue weighted by atomic mass is 10.2. The number of aliphatic carboxylic acids is 1. The normalized spacial score (nSPS) is 10.9. The summed E-state index contributed by atoms with van der Waals surface area (Å²) in [5.74, 6) is -1.91. The number of carboxylic acid groups (broad SMARTS) is 1. The fourth-order valence-corrected chi connectivity index (χ4v) is 1.44. The molecule has 18 heavy (non-hydrogen) atoms. The Morgan fingerprint density at radius 3 is 2.89 bits per heavy atom. The van der Waals surface area contributed by atoms with Crippen LogP contribution in [0.4, 0.5) is 0 Å². The maximum atomic E-state index is 11.3. The van der Waals surface area contributed by atoms with Gasteiger partial charge in [0, 0.05) is 11.6 Å². The van der Waals surface area contributed by atoms with Crippen molar-refractivity contribution < 1.29 is 23.8 Å². The van der Waals surface area contributed by atoms with Gasteiger partial charge in [-0.25, -0.2) is 14.6 Å². The molecule has 0 spiro atoms. The molecule has 2 aromatic rings. The van der Waals surface area contributed by atoms with Crippen molar-refractivity contribution in [2.24, 2.45) is 0 Å². The number of carbonyl (C=O) groups excluding carboxylic acids is 1. The third-order valence-corrected chi connectivity index (χ3v) is 2.22. The van der Waals surface area contributed by atoms with Gasteiger partial charge in [0.25, 0.3) is 0 Å². The minimum absolute atomic E-state index is 0.163. The molecule has 1 heterocycles. The van der Waals surface area contributed by atoms with Gasteiger partial charge in [-0.1, -0.05) is 12.1 Å². The molecule has 1 aromatic heterocycles. The number of aromatic nitrogens is 1. The second kappa shape index (κ2) is 4.70. The standard InChI is InChI=1S/C12H9NO5/c1-17-12(16)11-13-10-7(5-6-9(14)15)3-2-4-8(10)18-11/h2-6H,1H3,(H,14,15)/b6-5+. The molecule has 0 fully saturated rings. The van der Waals surface area contributed by atoms with Crippen molar-refractivity contribution in [2.75, 3.05) is 7.11 Å². The van der Waals surface area contributed by atoms with Crippen LogP contribution >= 0.6 is 0 Å². The van der Waals surface area contributed by atoms with Crippen LogP contribution in [0, 0.1) is 0 Å². The van der Waals surface area contributed by atoms with E-state index in [2.05, 4.69) is 9.72 Å². The van der Waals surface area contributed by atoms with Crippen molar-refractivity contribution in [1.82, 2.24) is 4.98 Å². The summed E-state index contributed by atoms with van der Waals surface area (Å²) in [5.41, 5.74) is 1.35. The number of rotatable bonds is 3. The van der Waals surface area contributed by atoms with Crippen molar-refractivity contribution in [1.29, 1.82) is 0 Å². The zero-order chi connectivity index (χ0) is 13.1. The number of para-hydroxylation sites is 1. The number of hydrogen-bond acceptors (Lipinski definition) is 5. The first-order chi connectivity index (χ1) is 8.61. The number of benzene rings is 1. The maximum absolute atomic E-state index is 11.3. The first-order valence-corrected chi connectivity index (χ1v) is 5.00. The Morgan fingerprint density at radius 2 is 2.22 bits per heavy atom. The predicted molar refractivity (Wildman–Crippen MR) is 62.0 cm³/mol. The molecule has 0 unspecified atom stereocenters. The number of carbonyl (C=O) groups is 2. The first-order valence-electron chi connectivity index (χ1n) is 5.00. The van der Waals surface area contributed by atoms with E-state index in [-0.39, 0.29) is 5.89 Å². The number of hydrogen-bond donors (Lipinski definition) is 1.